The molecule has 0 unspecified atom stereocenters. The van der Waals surface area contributed by atoms with Crippen LogP contribution < -0.4 is 19.1 Å². The van der Waals surface area contributed by atoms with Gasteiger partial charge in [0.1, 0.15) is 53.4 Å². The third-order valence-electron chi connectivity index (χ3n) is 9.64. The molecule has 0 spiro atoms. The molecule has 2 aromatic carbocycles. The van der Waals surface area contributed by atoms with Crippen molar-refractivity contribution in [2.45, 2.75) is 63.7 Å². The van der Waals surface area contributed by atoms with Crippen molar-refractivity contribution in [1.82, 2.24) is 19.9 Å². The highest BCUT2D eigenvalue weighted by molar-refractivity contribution is 6.03. The first-order valence-electron chi connectivity index (χ1n) is 16.1. The summed E-state index contributed by atoms with van der Waals surface area (Å²) in [6, 6.07) is 5.32. The topological polar surface area (TPSA) is 82.1 Å². The number of nitrogens with zero attached hydrogens (tertiary/aromatic N) is 5. The van der Waals surface area contributed by atoms with Crippen LogP contribution in [0.25, 0.3) is 32.9 Å². The van der Waals surface area contributed by atoms with E-state index in [9.17, 15) is 13.2 Å². The number of anilines is 1. The van der Waals surface area contributed by atoms with E-state index in [1.165, 1.54) is 18.1 Å². The molecule has 0 N–H and O–H groups in total. The fourth-order valence-electron chi connectivity index (χ4n) is 7.45. The van der Waals surface area contributed by atoms with Crippen LogP contribution in [0.15, 0.2) is 24.3 Å². The average Bonchev–Trinajstić information content (AvgIpc) is 3.55. The van der Waals surface area contributed by atoms with Gasteiger partial charge in [-0.15, -0.1) is 0 Å². The normalized spacial score (nSPS) is 22.4. The van der Waals surface area contributed by atoms with Gasteiger partial charge >= 0.3 is 6.01 Å². The molecule has 0 radical (unpaired) electrons. The minimum Gasteiger partial charge on any atom is -0.475 e. The van der Waals surface area contributed by atoms with Crippen LogP contribution in [0.1, 0.15) is 38.7 Å². The Morgan fingerprint density at radius 3 is 2.71 bits per heavy atom. The Labute approximate surface area is 273 Å². The van der Waals surface area contributed by atoms with E-state index in [4.69, 9.17) is 18.9 Å². The first-order chi connectivity index (χ1) is 23.1. The number of hydrogen-bond donors (Lipinski definition) is 0. The Balaban J connectivity index is 1.44. The fourth-order valence-corrected chi connectivity index (χ4v) is 7.45. The number of pyridine rings is 1. The van der Waals surface area contributed by atoms with Crippen molar-refractivity contribution in [3.63, 3.8) is 0 Å². The van der Waals surface area contributed by atoms with Crippen molar-refractivity contribution in [2.75, 3.05) is 51.7 Å². The first-order valence-corrected chi connectivity index (χ1v) is 16.1. The van der Waals surface area contributed by atoms with Gasteiger partial charge in [-0.25, -0.2) is 26.9 Å². The summed E-state index contributed by atoms with van der Waals surface area (Å²) in [5, 5.41) is 1.02. The molecule has 48 heavy (non-hydrogen) atoms. The maximum absolute atomic E-state index is 17.1. The number of rotatable bonds is 10. The van der Waals surface area contributed by atoms with Crippen LogP contribution >= 0.6 is 0 Å². The van der Waals surface area contributed by atoms with E-state index in [0.717, 1.165) is 13.0 Å². The number of halogens is 5. The summed E-state index contributed by atoms with van der Waals surface area (Å²) in [5.41, 5.74) is -0.446. The summed E-state index contributed by atoms with van der Waals surface area (Å²) in [6.45, 7) is 3.71. The monoisotopic (exact) mass is 673 g/mol. The number of aryl methyl sites for hydroxylation is 1. The number of aromatic nitrogens is 3. The molecular formula is C34H36F5N5O4. The van der Waals surface area contributed by atoms with Crippen molar-refractivity contribution in [1.29, 1.82) is 0 Å². The van der Waals surface area contributed by atoms with Crippen LogP contribution in [0.3, 0.4) is 0 Å². The van der Waals surface area contributed by atoms with Gasteiger partial charge in [0.25, 0.3) is 6.43 Å². The average molecular weight is 674 g/mol. The lowest BCUT2D eigenvalue weighted by molar-refractivity contribution is 0.0512. The molecule has 0 bridgehead atoms. The Morgan fingerprint density at radius 1 is 1.10 bits per heavy atom. The van der Waals surface area contributed by atoms with Crippen LogP contribution in [-0.4, -0.2) is 90.8 Å². The van der Waals surface area contributed by atoms with Crippen molar-refractivity contribution in [3.05, 3.63) is 41.5 Å². The summed E-state index contributed by atoms with van der Waals surface area (Å²) in [6.07, 6.45) is -1.56. The SMILES string of the molecule is CCc1c(F)ccc2cc(OCOC)cc(-c3nc4c5c(nc(OC[C@@]67CCCN6C[C@H](F)C7)nc5c3F)N(CC(F)F)[C@@H](C)CO4)c12. The zero-order chi connectivity index (χ0) is 33.7. The Hall–Kier alpha value is -4.04. The van der Waals surface area contributed by atoms with Gasteiger partial charge in [-0.1, -0.05) is 13.0 Å². The molecule has 4 aromatic rings. The lowest BCUT2D eigenvalue weighted by Crippen LogP contribution is -2.43. The van der Waals surface area contributed by atoms with Crippen molar-refractivity contribution in [3.8, 4) is 28.9 Å². The predicted molar refractivity (Wildman–Crippen MR) is 169 cm³/mol. The summed E-state index contributed by atoms with van der Waals surface area (Å²) in [7, 11) is 1.46. The van der Waals surface area contributed by atoms with E-state index in [0.29, 0.717) is 41.5 Å². The molecule has 0 saturated carbocycles. The summed E-state index contributed by atoms with van der Waals surface area (Å²) in [4.78, 5) is 17.0. The molecular weight excluding hydrogens is 637 g/mol. The van der Waals surface area contributed by atoms with Gasteiger partial charge in [-0.2, -0.15) is 9.97 Å². The van der Waals surface area contributed by atoms with E-state index >= 15 is 8.78 Å². The van der Waals surface area contributed by atoms with Crippen LogP contribution in [-0.2, 0) is 11.2 Å². The molecule has 2 aromatic heterocycles. The van der Waals surface area contributed by atoms with Gasteiger partial charge in [0, 0.05) is 25.6 Å². The highest BCUT2D eigenvalue weighted by Gasteiger charge is 2.49. The second-order valence-electron chi connectivity index (χ2n) is 12.7. The Morgan fingerprint density at radius 2 is 1.94 bits per heavy atom. The fraction of sp³-hybridized carbons (Fsp3) is 0.500. The second kappa shape index (κ2) is 12.8. The zero-order valence-electron chi connectivity index (χ0n) is 26.9. The van der Waals surface area contributed by atoms with Crippen molar-refractivity contribution in [2.24, 2.45) is 0 Å². The van der Waals surface area contributed by atoms with E-state index < -0.39 is 42.4 Å². The molecule has 3 atom stereocenters. The minimum atomic E-state index is -2.74. The van der Waals surface area contributed by atoms with E-state index in [2.05, 4.69) is 19.9 Å². The molecule has 9 nitrogen and oxygen atoms in total. The smallest absolute Gasteiger partial charge is 0.319 e. The predicted octanol–water partition coefficient (Wildman–Crippen LogP) is 6.48. The molecule has 14 heteroatoms. The lowest BCUT2D eigenvalue weighted by Gasteiger charge is -2.31. The summed E-state index contributed by atoms with van der Waals surface area (Å²) < 4.78 is 97.5. The number of fused-ring (bicyclic) bond motifs is 2. The minimum absolute atomic E-state index is 0.00820. The van der Waals surface area contributed by atoms with Gasteiger partial charge in [0.15, 0.2) is 12.6 Å². The van der Waals surface area contributed by atoms with Crippen molar-refractivity contribution >= 4 is 27.5 Å². The highest BCUT2D eigenvalue weighted by atomic mass is 19.3. The zero-order valence-corrected chi connectivity index (χ0v) is 26.9. The standard InChI is InChI=1S/C34H36F5N5O4/c1-4-22-24(36)7-6-19-10-21(48-17-45-3)11-23(26(19)22)29-28(39)30-27-31(44(14-25(37)38)18(2)15-46-32(27)40-29)42-33(41-30)47-16-34-8-5-9-43(34)13-20(35)12-34/h6-7,10-11,18,20,25H,4-5,8-9,12-17H2,1-3H3/t18-,20+,34-/m0/s1. The molecule has 256 valence electrons. The molecule has 0 amide bonds. The molecule has 2 fully saturated rings. The highest BCUT2D eigenvalue weighted by Crippen LogP contribution is 2.44. The third kappa shape index (κ3) is 5.62. The lowest BCUT2D eigenvalue weighted by atomic mass is 9.94. The van der Waals surface area contributed by atoms with Gasteiger partial charge < -0.3 is 23.8 Å². The molecule has 3 aliphatic heterocycles. The van der Waals surface area contributed by atoms with Gasteiger partial charge in [-0.3, -0.25) is 4.90 Å². The number of alkyl halides is 3. The summed E-state index contributed by atoms with van der Waals surface area (Å²) >= 11 is 0. The number of hydrogen-bond acceptors (Lipinski definition) is 9. The van der Waals surface area contributed by atoms with E-state index in [1.54, 1.807) is 32.0 Å². The summed E-state index contributed by atoms with van der Waals surface area (Å²) in [5.74, 6) is -1.11. The van der Waals surface area contributed by atoms with Crippen LogP contribution in [0.2, 0.25) is 0 Å². The quantitative estimate of drug-likeness (QED) is 0.139. The second-order valence-corrected chi connectivity index (χ2v) is 12.7. The van der Waals surface area contributed by atoms with Crippen LogP contribution in [0.5, 0.6) is 17.6 Å². The first kappa shape index (κ1) is 32.5. The largest absolute Gasteiger partial charge is 0.475 e. The molecule has 0 aliphatic carbocycles. The molecule has 7 rings (SSSR count). The molecule has 2 saturated heterocycles. The van der Waals surface area contributed by atoms with Gasteiger partial charge in [-0.05, 0) is 67.3 Å². The molecule has 3 aliphatic rings. The number of ether oxygens (including phenoxy) is 4. The van der Waals surface area contributed by atoms with Crippen LogP contribution in [0.4, 0.5) is 27.8 Å². The van der Waals surface area contributed by atoms with Crippen molar-refractivity contribution < 1.29 is 40.9 Å². The Bertz CT molecular complexity index is 1870. The van der Waals surface area contributed by atoms with Gasteiger partial charge in [0.05, 0.1) is 18.1 Å². The number of methoxy groups -OCH3 is 1. The van der Waals surface area contributed by atoms with Gasteiger partial charge in [0.2, 0.25) is 5.88 Å². The maximum atomic E-state index is 17.1. The van der Waals surface area contributed by atoms with E-state index in [-0.39, 0.29) is 66.3 Å². The third-order valence-corrected chi connectivity index (χ3v) is 9.64. The number of benzene rings is 2. The maximum Gasteiger partial charge on any atom is 0.319 e. The molecule has 5 heterocycles. The van der Waals surface area contributed by atoms with Crippen LogP contribution in [0, 0.1) is 11.6 Å². The Kier molecular flexibility index (Phi) is 8.65. The van der Waals surface area contributed by atoms with E-state index in [1.807, 2.05) is 0 Å².